The molecule has 1 atom stereocenters. The Morgan fingerprint density at radius 1 is 1.19 bits per heavy atom. The highest BCUT2D eigenvalue weighted by Gasteiger charge is 2.46. The molecule has 1 N–H and O–H groups in total. The maximum atomic E-state index is 12.2. The largest absolute Gasteiger partial charge is 0.416 e. The lowest BCUT2D eigenvalue weighted by molar-refractivity contribution is -0.225. The van der Waals surface area contributed by atoms with Crippen molar-refractivity contribution in [3.05, 3.63) is 28.3 Å². The Morgan fingerprint density at radius 2 is 1.92 bits per heavy atom. The van der Waals surface area contributed by atoms with Crippen LogP contribution in [0.3, 0.4) is 0 Å². The Balaban J connectivity index is 1.87. The summed E-state index contributed by atoms with van der Waals surface area (Å²) in [7, 11) is 0. The number of rotatable bonds is 1. The first kappa shape index (κ1) is 17.6. The van der Waals surface area contributed by atoms with Crippen LogP contribution in [0.25, 0.3) is 0 Å². The van der Waals surface area contributed by atoms with Crippen LogP contribution in [0.2, 0.25) is 5.02 Å². The van der Waals surface area contributed by atoms with E-state index in [9.17, 15) is 9.59 Å². The van der Waals surface area contributed by atoms with Crippen LogP contribution in [0.15, 0.2) is 12.1 Å². The van der Waals surface area contributed by atoms with Gasteiger partial charge in [-0.25, -0.2) is 0 Å². The van der Waals surface area contributed by atoms with E-state index >= 15 is 0 Å². The predicted octanol–water partition coefficient (Wildman–Crippen LogP) is 2.51. The number of carbonyl (C=O) groups is 2. The molecule has 3 heterocycles. The Labute approximate surface area is 157 Å². The van der Waals surface area contributed by atoms with Crippen molar-refractivity contribution in [2.45, 2.75) is 50.9 Å². The molecule has 140 valence electrons. The molecule has 2 fully saturated rings. The predicted molar refractivity (Wildman–Crippen MR) is 97.2 cm³/mol. The quantitative estimate of drug-likeness (QED) is 0.757. The third-order valence-corrected chi connectivity index (χ3v) is 5.79. The monoisotopic (exact) mass is 378 g/mol. The summed E-state index contributed by atoms with van der Waals surface area (Å²) < 4.78 is 11.4. The van der Waals surface area contributed by atoms with Crippen molar-refractivity contribution in [3.63, 3.8) is 0 Å². The van der Waals surface area contributed by atoms with Crippen molar-refractivity contribution in [2.75, 3.05) is 24.5 Å². The van der Waals surface area contributed by atoms with E-state index in [1.807, 2.05) is 12.1 Å². The van der Waals surface area contributed by atoms with Crippen LogP contribution in [0.4, 0.5) is 5.69 Å². The molecule has 26 heavy (non-hydrogen) atoms. The molecule has 1 unspecified atom stereocenters. The SMILES string of the molecule is CC1CCCN1c1c(Cl)ccc2c1CCNCC21OC(=O)CCC(=O)O1. The highest BCUT2D eigenvalue weighted by Crippen LogP contribution is 2.43. The first-order chi connectivity index (χ1) is 12.5. The number of carbonyl (C=O) groups excluding carboxylic acids is 2. The van der Waals surface area contributed by atoms with Crippen molar-refractivity contribution >= 4 is 29.2 Å². The van der Waals surface area contributed by atoms with Crippen LogP contribution in [0.5, 0.6) is 0 Å². The number of nitrogens with zero attached hydrogens (tertiary/aromatic N) is 1. The first-order valence-corrected chi connectivity index (χ1v) is 9.61. The molecule has 0 radical (unpaired) electrons. The van der Waals surface area contributed by atoms with Gasteiger partial charge in [-0.2, -0.15) is 0 Å². The minimum atomic E-state index is -1.42. The van der Waals surface area contributed by atoms with E-state index in [0.29, 0.717) is 17.6 Å². The van der Waals surface area contributed by atoms with Gasteiger partial charge in [0.15, 0.2) is 0 Å². The van der Waals surface area contributed by atoms with Crippen LogP contribution >= 0.6 is 11.6 Å². The van der Waals surface area contributed by atoms with Crippen molar-refractivity contribution in [3.8, 4) is 0 Å². The van der Waals surface area contributed by atoms with E-state index in [-0.39, 0.29) is 19.4 Å². The van der Waals surface area contributed by atoms with E-state index in [2.05, 4.69) is 17.1 Å². The highest BCUT2D eigenvalue weighted by molar-refractivity contribution is 6.33. The van der Waals surface area contributed by atoms with Gasteiger partial charge in [-0.1, -0.05) is 11.6 Å². The van der Waals surface area contributed by atoms with Crippen LogP contribution in [-0.2, 0) is 31.3 Å². The van der Waals surface area contributed by atoms with E-state index in [1.165, 1.54) is 0 Å². The summed E-state index contributed by atoms with van der Waals surface area (Å²) in [5.41, 5.74) is 2.71. The lowest BCUT2D eigenvalue weighted by Gasteiger charge is -2.34. The molecule has 0 bridgehead atoms. The standard InChI is InChI=1S/C19H23ClN2O4/c1-12-3-2-10-22(12)18-13-8-9-21-11-19(14(13)4-5-15(18)20)25-16(23)6-7-17(24)26-19/h4-5,12,21H,2-3,6-11H2,1H3. The molecule has 6 nitrogen and oxygen atoms in total. The number of esters is 2. The molecule has 0 amide bonds. The number of hydrogen-bond acceptors (Lipinski definition) is 6. The second kappa shape index (κ2) is 6.74. The van der Waals surface area contributed by atoms with Gasteiger partial charge in [0.2, 0.25) is 0 Å². The number of nitrogens with one attached hydrogen (secondary N) is 1. The summed E-state index contributed by atoms with van der Waals surface area (Å²) in [4.78, 5) is 26.7. The molecule has 4 rings (SSSR count). The summed E-state index contributed by atoms with van der Waals surface area (Å²) in [5, 5.41) is 3.94. The van der Waals surface area contributed by atoms with Gasteiger partial charge in [0.1, 0.15) is 0 Å². The number of ether oxygens (including phenoxy) is 2. The number of anilines is 1. The topological polar surface area (TPSA) is 67.9 Å². The Hall–Kier alpha value is -1.79. The molecular formula is C19H23ClN2O4. The molecule has 0 aliphatic carbocycles. The summed E-state index contributed by atoms with van der Waals surface area (Å²) in [6.45, 7) is 4.07. The smallest absolute Gasteiger partial charge is 0.309 e. The minimum absolute atomic E-state index is 0.0412. The average Bonchev–Trinajstić information content (AvgIpc) is 2.85. The lowest BCUT2D eigenvalue weighted by Crippen LogP contribution is -2.43. The van der Waals surface area contributed by atoms with Gasteiger partial charge in [0, 0.05) is 18.2 Å². The molecule has 0 saturated carbocycles. The second-order valence-corrected chi connectivity index (χ2v) is 7.64. The Morgan fingerprint density at radius 3 is 2.58 bits per heavy atom. The van der Waals surface area contributed by atoms with Gasteiger partial charge in [-0.05, 0) is 50.4 Å². The fourth-order valence-corrected chi connectivity index (χ4v) is 4.52. The maximum absolute atomic E-state index is 12.2. The number of halogens is 1. The molecule has 1 spiro atoms. The summed E-state index contributed by atoms with van der Waals surface area (Å²) in [6.07, 6.45) is 3.05. The molecule has 3 aliphatic heterocycles. The molecule has 1 aromatic carbocycles. The third kappa shape index (κ3) is 2.95. The number of fused-ring (bicyclic) bond motifs is 2. The summed E-state index contributed by atoms with van der Waals surface area (Å²) in [5.74, 6) is -2.26. The van der Waals surface area contributed by atoms with E-state index in [4.69, 9.17) is 21.1 Å². The van der Waals surface area contributed by atoms with Crippen LogP contribution < -0.4 is 10.2 Å². The summed E-state index contributed by atoms with van der Waals surface area (Å²) >= 11 is 6.60. The summed E-state index contributed by atoms with van der Waals surface area (Å²) in [6, 6.07) is 4.05. The molecule has 7 heteroatoms. The molecular weight excluding hydrogens is 356 g/mol. The van der Waals surface area contributed by atoms with Gasteiger partial charge in [-0.15, -0.1) is 0 Å². The van der Waals surface area contributed by atoms with Crippen molar-refractivity contribution < 1.29 is 19.1 Å². The lowest BCUT2D eigenvalue weighted by atomic mass is 9.95. The fourth-order valence-electron chi connectivity index (χ4n) is 4.23. The van der Waals surface area contributed by atoms with Gasteiger partial charge >= 0.3 is 11.9 Å². The Kier molecular flexibility index (Phi) is 4.57. The van der Waals surface area contributed by atoms with Gasteiger partial charge in [0.25, 0.3) is 5.79 Å². The normalized spacial score (nSPS) is 25.3. The van der Waals surface area contributed by atoms with Crippen LogP contribution in [0, 0.1) is 0 Å². The maximum Gasteiger partial charge on any atom is 0.309 e. The number of hydrogen-bond donors (Lipinski definition) is 1. The van der Waals surface area contributed by atoms with Gasteiger partial charge in [0.05, 0.1) is 30.1 Å². The average molecular weight is 379 g/mol. The zero-order valence-corrected chi connectivity index (χ0v) is 15.6. The molecule has 1 aromatic rings. The molecule has 2 saturated heterocycles. The minimum Gasteiger partial charge on any atom is -0.416 e. The Bertz CT molecular complexity index is 733. The van der Waals surface area contributed by atoms with Crippen molar-refractivity contribution in [2.24, 2.45) is 0 Å². The highest BCUT2D eigenvalue weighted by atomic mass is 35.5. The fraction of sp³-hybridized carbons (Fsp3) is 0.579. The van der Waals surface area contributed by atoms with Gasteiger partial charge in [-0.3, -0.25) is 9.59 Å². The van der Waals surface area contributed by atoms with E-state index in [0.717, 1.165) is 42.6 Å². The molecule has 3 aliphatic rings. The van der Waals surface area contributed by atoms with Gasteiger partial charge < -0.3 is 19.7 Å². The number of benzene rings is 1. The van der Waals surface area contributed by atoms with Crippen LogP contribution in [0.1, 0.15) is 43.7 Å². The van der Waals surface area contributed by atoms with E-state index in [1.54, 1.807) is 0 Å². The third-order valence-electron chi connectivity index (χ3n) is 5.48. The molecule has 0 aromatic heterocycles. The second-order valence-electron chi connectivity index (χ2n) is 7.23. The van der Waals surface area contributed by atoms with Crippen molar-refractivity contribution in [1.29, 1.82) is 0 Å². The van der Waals surface area contributed by atoms with E-state index < -0.39 is 17.7 Å². The van der Waals surface area contributed by atoms with Crippen molar-refractivity contribution in [1.82, 2.24) is 5.32 Å². The zero-order valence-electron chi connectivity index (χ0n) is 14.8. The zero-order chi connectivity index (χ0) is 18.3. The first-order valence-electron chi connectivity index (χ1n) is 9.23. The van der Waals surface area contributed by atoms with Crippen LogP contribution in [-0.4, -0.2) is 37.6 Å².